The van der Waals surface area contributed by atoms with Crippen molar-refractivity contribution in [2.45, 2.75) is 0 Å². The monoisotopic (exact) mass is 272 g/mol. The van der Waals surface area contributed by atoms with E-state index in [9.17, 15) is 4.79 Å². The van der Waals surface area contributed by atoms with Gasteiger partial charge in [0, 0.05) is 19.3 Å². The van der Waals surface area contributed by atoms with Crippen molar-refractivity contribution in [1.82, 2.24) is 5.32 Å². The molecule has 3 N–H and O–H groups in total. The summed E-state index contributed by atoms with van der Waals surface area (Å²) < 4.78 is 5.46. The van der Waals surface area contributed by atoms with Gasteiger partial charge in [0.25, 0.3) is 5.91 Å². The van der Waals surface area contributed by atoms with E-state index in [0.717, 1.165) is 0 Å². The molecule has 0 radical (unpaired) electrons. The molecule has 1 rings (SSSR count). The number of hydrogen-bond acceptors (Lipinski definition) is 3. The number of nitrogens with one attached hydrogen (secondary N) is 1. The summed E-state index contributed by atoms with van der Waals surface area (Å²) >= 11 is 3.27. The Morgan fingerprint density at radius 2 is 2.33 bits per heavy atom. The van der Waals surface area contributed by atoms with Crippen LogP contribution in [-0.4, -0.2) is 26.2 Å². The third-order valence-electron chi connectivity index (χ3n) is 1.86. The SMILES string of the molecule is COCCNC(=O)c1cccc(N)c1Br. The first-order valence-corrected chi connectivity index (χ1v) is 5.27. The van der Waals surface area contributed by atoms with Gasteiger partial charge < -0.3 is 15.8 Å². The molecular weight excluding hydrogens is 260 g/mol. The maximum absolute atomic E-state index is 11.6. The first-order valence-electron chi connectivity index (χ1n) is 4.48. The van der Waals surface area contributed by atoms with Gasteiger partial charge in [0.2, 0.25) is 0 Å². The summed E-state index contributed by atoms with van der Waals surface area (Å²) in [5, 5.41) is 2.72. The fraction of sp³-hybridized carbons (Fsp3) is 0.300. The maximum Gasteiger partial charge on any atom is 0.252 e. The molecular formula is C10H13BrN2O2. The van der Waals surface area contributed by atoms with Crippen molar-refractivity contribution in [2.24, 2.45) is 0 Å². The summed E-state index contributed by atoms with van der Waals surface area (Å²) in [5.74, 6) is -0.161. The minimum absolute atomic E-state index is 0.161. The van der Waals surface area contributed by atoms with E-state index in [2.05, 4.69) is 21.2 Å². The molecule has 0 aliphatic heterocycles. The van der Waals surface area contributed by atoms with E-state index in [1.54, 1.807) is 25.3 Å². The Hall–Kier alpha value is -1.07. The summed E-state index contributed by atoms with van der Waals surface area (Å²) in [5.41, 5.74) is 6.75. The molecule has 0 saturated heterocycles. The highest BCUT2D eigenvalue weighted by atomic mass is 79.9. The Morgan fingerprint density at radius 1 is 1.60 bits per heavy atom. The maximum atomic E-state index is 11.6. The molecule has 0 spiro atoms. The number of halogens is 1. The van der Waals surface area contributed by atoms with E-state index in [1.807, 2.05) is 0 Å². The van der Waals surface area contributed by atoms with E-state index in [-0.39, 0.29) is 5.91 Å². The van der Waals surface area contributed by atoms with E-state index < -0.39 is 0 Å². The average Bonchev–Trinajstić information content (AvgIpc) is 2.22. The zero-order chi connectivity index (χ0) is 11.3. The van der Waals surface area contributed by atoms with Gasteiger partial charge in [0.05, 0.1) is 16.6 Å². The highest BCUT2D eigenvalue weighted by Gasteiger charge is 2.10. The number of nitrogens with two attached hydrogens (primary N) is 1. The van der Waals surface area contributed by atoms with Gasteiger partial charge in [0.1, 0.15) is 0 Å². The zero-order valence-electron chi connectivity index (χ0n) is 8.42. The fourth-order valence-electron chi connectivity index (χ4n) is 1.09. The lowest BCUT2D eigenvalue weighted by Gasteiger charge is -2.07. The molecule has 0 unspecified atom stereocenters. The van der Waals surface area contributed by atoms with Crippen molar-refractivity contribution in [3.8, 4) is 0 Å². The van der Waals surface area contributed by atoms with Crippen LogP contribution in [0.5, 0.6) is 0 Å². The normalized spacial score (nSPS) is 10.0. The van der Waals surface area contributed by atoms with Crippen LogP contribution in [0.25, 0.3) is 0 Å². The van der Waals surface area contributed by atoms with Crippen molar-refractivity contribution < 1.29 is 9.53 Å². The second kappa shape index (κ2) is 5.72. The van der Waals surface area contributed by atoms with Gasteiger partial charge in [-0.2, -0.15) is 0 Å². The van der Waals surface area contributed by atoms with Gasteiger partial charge in [-0.1, -0.05) is 6.07 Å². The second-order valence-corrected chi connectivity index (χ2v) is 3.75. The lowest BCUT2D eigenvalue weighted by Crippen LogP contribution is -2.27. The Bertz CT molecular complexity index is 355. The topological polar surface area (TPSA) is 64.3 Å². The Balaban J connectivity index is 2.69. The predicted molar refractivity (Wildman–Crippen MR) is 62.8 cm³/mol. The number of benzene rings is 1. The molecule has 0 aliphatic rings. The molecule has 0 aromatic heterocycles. The number of methoxy groups -OCH3 is 1. The smallest absolute Gasteiger partial charge is 0.252 e. The molecule has 82 valence electrons. The lowest BCUT2D eigenvalue weighted by molar-refractivity contribution is 0.0936. The van der Waals surface area contributed by atoms with Gasteiger partial charge in [-0.15, -0.1) is 0 Å². The van der Waals surface area contributed by atoms with Gasteiger partial charge in [0.15, 0.2) is 0 Å². The number of amides is 1. The van der Waals surface area contributed by atoms with Crippen LogP contribution in [0.2, 0.25) is 0 Å². The average molecular weight is 273 g/mol. The molecule has 0 bridgehead atoms. The molecule has 1 aromatic carbocycles. The second-order valence-electron chi connectivity index (χ2n) is 2.96. The van der Waals surface area contributed by atoms with Crippen LogP contribution in [0.15, 0.2) is 22.7 Å². The molecule has 4 nitrogen and oxygen atoms in total. The largest absolute Gasteiger partial charge is 0.398 e. The number of ether oxygens (including phenoxy) is 1. The fourth-order valence-corrected chi connectivity index (χ4v) is 1.53. The van der Waals surface area contributed by atoms with Crippen LogP contribution < -0.4 is 11.1 Å². The van der Waals surface area contributed by atoms with Gasteiger partial charge >= 0.3 is 0 Å². The number of anilines is 1. The van der Waals surface area contributed by atoms with E-state index in [0.29, 0.717) is 28.9 Å². The molecule has 15 heavy (non-hydrogen) atoms. The van der Waals surface area contributed by atoms with Crippen molar-refractivity contribution >= 4 is 27.5 Å². The van der Waals surface area contributed by atoms with Crippen molar-refractivity contribution in [1.29, 1.82) is 0 Å². The quantitative estimate of drug-likeness (QED) is 0.644. The highest BCUT2D eigenvalue weighted by Crippen LogP contribution is 2.23. The first-order chi connectivity index (χ1) is 7.16. The van der Waals surface area contributed by atoms with Gasteiger partial charge in [-0.25, -0.2) is 0 Å². The molecule has 0 fully saturated rings. The molecule has 5 heteroatoms. The highest BCUT2D eigenvalue weighted by molar-refractivity contribution is 9.10. The minimum Gasteiger partial charge on any atom is -0.398 e. The van der Waals surface area contributed by atoms with Crippen molar-refractivity contribution in [3.63, 3.8) is 0 Å². The third kappa shape index (κ3) is 3.21. The molecule has 0 heterocycles. The number of nitrogen functional groups attached to an aromatic ring is 1. The molecule has 1 amide bonds. The van der Waals surface area contributed by atoms with Crippen molar-refractivity contribution in [3.05, 3.63) is 28.2 Å². The van der Waals surface area contributed by atoms with Crippen LogP contribution in [0.1, 0.15) is 10.4 Å². The summed E-state index contributed by atoms with van der Waals surface area (Å²) in [6.07, 6.45) is 0. The Labute approximate surface area is 96.9 Å². The Kier molecular flexibility index (Phi) is 4.58. The van der Waals surface area contributed by atoms with Crippen LogP contribution >= 0.6 is 15.9 Å². The summed E-state index contributed by atoms with van der Waals surface area (Å²) in [6.45, 7) is 0.974. The summed E-state index contributed by atoms with van der Waals surface area (Å²) in [6, 6.07) is 5.18. The Morgan fingerprint density at radius 3 is 3.00 bits per heavy atom. The van der Waals surface area contributed by atoms with Crippen LogP contribution in [0.4, 0.5) is 5.69 Å². The number of rotatable bonds is 4. The van der Waals surface area contributed by atoms with Crippen LogP contribution in [0.3, 0.4) is 0 Å². The van der Waals surface area contributed by atoms with E-state index in [1.165, 1.54) is 0 Å². The summed E-state index contributed by atoms with van der Waals surface area (Å²) in [7, 11) is 1.59. The van der Waals surface area contributed by atoms with Crippen LogP contribution in [0, 0.1) is 0 Å². The lowest BCUT2D eigenvalue weighted by atomic mass is 10.2. The van der Waals surface area contributed by atoms with Gasteiger partial charge in [-0.3, -0.25) is 4.79 Å². The summed E-state index contributed by atoms with van der Waals surface area (Å²) in [4.78, 5) is 11.6. The third-order valence-corrected chi connectivity index (χ3v) is 2.75. The first kappa shape index (κ1) is 12.0. The molecule has 0 saturated carbocycles. The predicted octanol–water partition coefficient (Wildman–Crippen LogP) is 1.41. The number of carbonyl (C=O) groups excluding carboxylic acids is 1. The van der Waals surface area contributed by atoms with E-state index >= 15 is 0 Å². The molecule has 1 aromatic rings. The van der Waals surface area contributed by atoms with Gasteiger partial charge in [-0.05, 0) is 28.1 Å². The molecule has 0 aliphatic carbocycles. The molecule has 0 atom stereocenters. The number of hydrogen-bond donors (Lipinski definition) is 2. The van der Waals surface area contributed by atoms with E-state index in [4.69, 9.17) is 10.5 Å². The van der Waals surface area contributed by atoms with Crippen LogP contribution in [-0.2, 0) is 4.74 Å². The standard InChI is InChI=1S/C10H13BrN2O2/c1-15-6-5-13-10(14)7-3-2-4-8(12)9(7)11/h2-4H,5-6,12H2,1H3,(H,13,14). The van der Waals surface area contributed by atoms with Crippen molar-refractivity contribution in [2.75, 3.05) is 26.0 Å². The number of carbonyl (C=O) groups is 1. The minimum atomic E-state index is -0.161. The zero-order valence-corrected chi connectivity index (χ0v) is 10.0.